The number of aromatic nitrogens is 6. The van der Waals surface area contributed by atoms with E-state index in [0.717, 1.165) is 34.2 Å². The zero-order valence-corrected chi connectivity index (χ0v) is 25.7. The second kappa shape index (κ2) is 13.2. The average molecular weight is 611 g/mol. The number of carbonyl (C=O) groups is 1. The Morgan fingerprint density at radius 3 is 1.51 bits per heavy atom. The molecule has 14 nitrogen and oxygen atoms in total. The molecule has 232 valence electrons. The molecule has 0 spiro atoms. The molecule has 1 amide bonds. The van der Waals surface area contributed by atoms with Crippen LogP contribution in [0.15, 0.2) is 72.8 Å². The standard InChI is InChI=1S/C31H34N10O4/c1-19-26(35-30(42)45-31(2,3)4)39-40-41(19)23-13-7-20(8-14-23)32-27-36-28(33-21-9-15-24(43-5)16-10-21)38-29(37-27)34-22-11-17-25(44-6)18-12-22/h7-18H,1-6H3,(H,35,42)(H3,32,33,34,36,37,38). The molecule has 3 aromatic carbocycles. The lowest BCUT2D eigenvalue weighted by Gasteiger charge is -2.19. The van der Waals surface area contributed by atoms with Gasteiger partial charge in [-0.15, -0.1) is 5.10 Å². The summed E-state index contributed by atoms with van der Waals surface area (Å²) in [6.45, 7) is 7.18. The number of nitrogens with zero attached hydrogens (tertiary/aromatic N) is 6. The van der Waals surface area contributed by atoms with Crippen LogP contribution in [0, 0.1) is 6.92 Å². The minimum absolute atomic E-state index is 0.311. The highest BCUT2D eigenvalue weighted by atomic mass is 16.6. The molecule has 0 radical (unpaired) electrons. The smallest absolute Gasteiger partial charge is 0.413 e. The number of amides is 1. The summed E-state index contributed by atoms with van der Waals surface area (Å²) in [5.41, 5.74) is 3.02. The van der Waals surface area contributed by atoms with Crippen LogP contribution in [-0.2, 0) is 4.74 Å². The van der Waals surface area contributed by atoms with Crippen molar-refractivity contribution in [3.8, 4) is 17.2 Å². The molecule has 0 aliphatic rings. The molecule has 0 aliphatic carbocycles. The van der Waals surface area contributed by atoms with Gasteiger partial charge in [-0.25, -0.2) is 9.48 Å². The van der Waals surface area contributed by atoms with Crippen molar-refractivity contribution in [1.29, 1.82) is 0 Å². The van der Waals surface area contributed by atoms with E-state index in [1.54, 1.807) is 46.6 Å². The zero-order valence-electron chi connectivity index (χ0n) is 25.7. The van der Waals surface area contributed by atoms with E-state index in [0.29, 0.717) is 29.4 Å². The minimum atomic E-state index is -0.631. The Hall–Kier alpha value is -5.92. The summed E-state index contributed by atoms with van der Waals surface area (Å²) in [5.74, 6) is 2.75. The van der Waals surface area contributed by atoms with Crippen LogP contribution in [0.5, 0.6) is 11.5 Å². The van der Waals surface area contributed by atoms with Gasteiger partial charge in [0.15, 0.2) is 5.82 Å². The maximum absolute atomic E-state index is 12.2. The highest BCUT2D eigenvalue weighted by molar-refractivity contribution is 5.84. The van der Waals surface area contributed by atoms with E-state index >= 15 is 0 Å². The number of carbonyl (C=O) groups excluding carboxylic acids is 1. The molecule has 0 saturated heterocycles. The molecule has 0 unspecified atom stereocenters. The molecule has 0 fully saturated rings. The van der Waals surface area contributed by atoms with Gasteiger partial charge in [0.2, 0.25) is 17.8 Å². The maximum atomic E-state index is 12.2. The number of hydrogen-bond acceptors (Lipinski definition) is 12. The lowest BCUT2D eigenvalue weighted by Crippen LogP contribution is -2.27. The molecule has 5 aromatic rings. The number of methoxy groups -OCH3 is 2. The summed E-state index contributed by atoms with van der Waals surface area (Å²) in [7, 11) is 3.23. The van der Waals surface area contributed by atoms with E-state index in [-0.39, 0.29) is 0 Å². The van der Waals surface area contributed by atoms with Crippen LogP contribution >= 0.6 is 0 Å². The number of anilines is 7. The third-order valence-electron chi connectivity index (χ3n) is 6.21. The molecule has 4 N–H and O–H groups in total. The summed E-state index contributed by atoms with van der Waals surface area (Å²) in [5, 5.41) is 20.6. The molecular weight excluding hydrogens is 576 g/mol. The Morgan fingerprint density at radius 1 is 0.689 bits per heavy atom. The van der Waals surface area contributed by atoms with Gasteiger partial charge in [0, 0.05) is 17.1 Å². The molecule has 2 aromatic heterocycles. The Balaban J connectivity index is 1.35. The normalized spacial score (nSPS) is 11.0. The van der Waals surface area contributed by atoms with Gasteiger partial charge < -0.3 is 30.2 Å². The van der Waals surface area contributed by atoms with Crippen LogP contribution in [-0.4, -0.2) is 55.9 Å². The first-order chi connectivity index (χ1) is 21.6. The van der Waals surface area contributed by atoms with Gasteiger partial charge in [-0.1, -0.05) is 5.21 Å². The fourth-order valence-corrected chi connectivity index (χ4v) is 4.06. The maximum Gasteiger partial charge on any atom is 0.413 e. The predicted octanol–water partition coefficient (Wildman–Crippen LogP) is 6.36. The zero-order chi connectivity index (χ0) is 32.0. The highest BCUT2D eigenvalue weighted by Gasteiger charge is 2.19. The Bertz CT molecular complexity index is 1680. The van der Waals surface area contributed by atoms with E-state index in [9.17, 15) is 4.79 Å². The van der Waals surface area contributed by atoms with Gasteiger partial charge >= 0.3 is 6.09 Å². The second-order valence-electron chi connectivity index (χ2n) is 10.7. The summed E-state index contributed by atoms with van der Waals surface area (Å²) in [6, 6.07) is 22.3. The number of benzene rings is 3. The van der Waals surface area contributed by atoms with Gasteiger partial charge in [0.05, 0.1) is 25.6 Å². The largest absolute Gasteiger partial charge is 0.497 e. The molecule has 45 heavy (non-hydrogen) atoms. The third kappa shape index (κ3) is 8.13. The van der Waals surface area contributed by atoms with Crippen molar-refractivity contribution in [2.24, 2.45) is 0 Å². The Kier molecular flexibility index (Phi) is 8.93. The van der Waals surface area contributed by atoms with Crippen LogP contribution in [0.2, 0.25) is 0 Å². The quantitative estimate of drug-likeness (QED) is 0.139. The molecule has 0 atom stereocenters. The molecule has 0 bridgehead atoms. The van der Waals surface area contributed by atoms with E-state index in [2.05, 4.69) is 46.5 Å². The van der Waals surface area contributed by atoms with Crippen molar-refractivity contribution >= 4 is 46.8 Å². The van der Waals surface area contributed by atoms with Crippen LogP contribution in [0.3, 0.4) is 0 Å². The number of ether oxygens (including phenoxy) is 3. The first-order valence-electron chi connectivity index (χ1n) is 14.0. The number of nitrogens with one attached hydrogen (secondary N) is 4. The van der Waals surface area contributed by atoms with Gasteiger partial charge in [0.1, 0.15) is 17.1 Å². The average Bonchev–Trinajstić information content (AvgIpc) is 3.36. The van der Waals surface area contributed by atoms with Crippen molar-refractivity contribution in [1.82, 2.24) is 29.9 Å². The van der Waals surface area contributed by atoms with Gasteiger partial charge in [-0.3, -0.25) is 5.32 Å². The van der Waals surface area contributed by atoms with Crippen molar-refractivity contribution in [3.05, 3.63) is 78.5 Å². The lowest BCUT2D eigenvalue weighted by molar-refractivity contribution is 0.0635. The fraction of sp³-hybridized carbons (Fsp3) is 0.226. The molecule has 2 heterocycles. The molecule has 0 saturated carbocycles. The third-order valence-corrected chi connectivity index (χ3v) is 6.21. The van der Waals surface area contributed by atoms with Gasteiger partial charge in [-0.2, -0.15) is 15.0 Å². The van der Waals surface area contributed by atoms with Crippen LogP contribution in [0.1, 0.15) is 26.5 Å². The fourth-order valence-electron chi connectivity index (χ4n) is 4.06. The molecule has 14 heteroatoms. The number of hydrogen-bond donors (Lipinski definition) is 4. The van der Waals surface area contributed by atoms with E-state index in [4.69, 9.17) is 14.2 Å². The topological polar surface area (TPSA) is 162 Å². The first kappa shape index (κ1) is 30.5. The SMILES string of the molecule is COc1ccc(Nc2nc(Nc3ccc(OC)cc3)nc(Nc3ccc(-n4nnc(NC(=O)OC(C)(C)C)c4C)cc3)n2)cc1. The summed E-state index contributed by atoms with van der Waals surface area (Å²) in [6.07, 6.45) is -0.601. The van der Waals surface area contributed by atoms with Crippen molar-refractivity contribution in [2.45, 2.75) is 33.3 Å². The number of rotatable bonds is 10. The van der Waals surface area contributed by atoms with Crippen LogP contribution in [0.4, 0.5) is 45.5 Å². The van der Waals surface area contributed by atoms with Crippen molar-refractivity contribution in [2.75, 3.05) is 35.5 Å². The molecule has 0 aliphatic heterocycles. The minimum Gasteiger partial charge on any atom is -0.497 e. The van der Waals surface area contributed by atoms with Crippen LogP contribution in [0.25, 0.3) is 5.69 Å². The van der Waals surface area contributed by atoms with Crippen molar-refractivity contribution < 1.29 is 19.0 Å². The van der Waals surface area contributed by atoms with E-state index in [1.807, 2.05) is 72.8 Å². The molecule has 5 rings (SSSR count). The summed E-state index contributed by atoms with van der Waals surface area (Å²) >= 11 is 0. The monoisotopic (exact) mass is 610 g/mol. The Morgan fingerprint density at radius 2 is 1.11 bits per heavy atom. The van der Waals surface area contributed by atoms with Crippen molar-refractivity contribution in [3.63, 3.8) is 0 Å². The lowest BCUT2D eigenvalue weighted by atomic mass is 10.2. The van der Waals surface area contributed by atoms with Gasteiger partial charge in [0.25, 0.3) is 0 Å². The first-order valence-corrected chi connectivity index (χ1v) is 14.0. The van der Waals surface area contributed by atoms with Gasteiger partial charge in [-0.05, 0) is 100 Å². The highest BCUT2D eigenvalue weighted by Crippen LogP contribution is 2.25. The van der Waals surface area contributed by atoms with Crippen LogP contribution < -0.4 is 30.7 Å². The predicted molar refractivity (Wildman–Crippen MR) is 172 cm³/mol. The molecular formula is C31H34N10O4. The summed E-state index contributed by atoms with van der Waals surface area (Å²) in [4.78, 5) is 25.9. The van der Waals surface area contributed by atoms with E-state index in [1.165, 1.54) is 0 Å². The van der Waals surface area contributed by atoms with E-state index < -0.39 is 11.7 Å². The Labute approximate surface area is 260 Å². The second-order valence-corrected chi connectivity index (χ2v) is 10.7. The summed E-state index contributed by atoms with van der Waals surface area (Å²) < 4.78 is 17.4.